The van der Waals surface area contributed by atoms with Crippen molar-refractivity contribution in [3.8, 4) is 0 Å². The summed E-state index contributed by atoms with van der Waals surface area (Å²) in [5.41, 5.74) is 1.67. The molecule has 1 aliphatic rings. The maximum Gasteiger partial charge on any atom is 0.171 e. The summed E-state index contributed by atoms with van der Waals surface area (Å²) >= 11 is 10.7. The topological polar surface area (TPSA) is 82.3 Å². The number of benzene rings is 2. The second-order valence-corrected chi connectivity index (χ2v) is 9.19. The summed E-state index contributed by atoms with van der Waals surface area (Å²) in [6.45, 7) is 0. The first-order chi connectivity index (χ1) is 12.9. The number of sulfone groups is 1. The molecule has 2 aromatic rings. The molecule has 4 N–H and O–H groups in total. The van der Waals surface area contributed by atoms with Crippen LogP contribution in [0.5, 0.6) is 0 Å². The van der Waals surface area contributed by atoms with Crippen molar-refractivity contribution in [2.24, 2.45) is 0 Å². The maximum atomic E-state index is 12.1. The minimum absolute atomic E-state index is 0.00474. The molecular formula is C18H20N4O2S3. The van der Waals surface area contributed by atoms with Crippen LogP contribution in [0.1, 0.15) is 0 Å². The van der Waals surface area contributed by atoms with E-state index in [1.807, 2.05) is 60.7 Å². The van der Waals surface area contributed by atoms with Crippen LogP contribution >= 0.6 is 24.4 Å². The molecule has 0 amide bonds. The lowest BCUT2D eigenvalue weighted by atomic mass is 10.2. The summed E-state index contributed by atoms with van der Waals surface area (Å²) < 4.78 is 24.2. The highest BCUT2D eigenvalue weighted by Crippen LogP contribution is 2.14. The normalized spacial score (nSPS) is 20.4. The van der Waals surface area contributed by atoms with Gasteiger partial charge in [0.15, 0.2) is 20.1 Å². The molecule has 0 bridgehead atoms. The van der Waals surface area contributed by atoms with Gasteiger partial charge >= 0.3 is 0 Å². The van der Waals surface area contributed by atoms with Gasteiger partial charge in [-0.3, -0.25) is 0 Å². The van der Waals surface area contributed by atoms with Crippen LogP contribution in [0, 0.1) is 0 Å². The first-order valence-electron chi connectivity index (χ1n) is 8.37. The van der Waals surface area contributed by atoms with E-state index in [0.29, 0.717) is 10.2 Å². The number of hydrogen-bond donors (Lipinski definition) is 4. The van der Waals surface area contributed by atoms with Crippen molar-refractivity contribution >= 4 is 55.9 Å². The minimum Gasteiger partial charge on any atom is -0.357 e. The van der Waals surface area contributed by atoms with Crippen LogP contribution in [0.4, 0.5) is 11.4 Å². The van der Waals surface area contributed by atoms with E-state index >= 15 is 0 Å². The van der Waals surface area contributed by atoms with Crippen LogP contribution in [0.15, 0.2) is 60.7 Å². The number of hydrogen-bond acceptors (Lipinski definition) is 4. The molecule has 2 atom stereocenters. The highest BCUT2D eigenvalue weighted by Gasteiger charge is 2.38. The van der Waals surface area contributed by atoms with Crippen molar-refractivity contribution in [3.63, 3.8) is 0 Å². The third kappa shape index (κ3) is 5.88. The van der Waals surface area contributed by atoms with Gasteiger partial charge in [-0.25, -0.2) is 8.42 Å². The van der Waals surface area contributed by atoms with Crippen LogP contribution in [0.3, 0.4) is 0 Å². The largest absolute Gasteiger partial charge is 0.357 e. The van der Waals surface area contributed by atoms with Gasteiger partial charge in [-0.1, -0.05) is 36.4 Å². The molecule has 0 radical (unpaired) electrons. The van der Waals surface area contributed by atoms with Crippen molar-refractivity contribution in [2.75, 3.05) is 22.1 Å². The smallest absolute Gasteiger partial charge is 0.171 e. The summed E-state index contributed by atoms with van der Waals surface area (Å²) in [6.07, 6.45) is 0. The summed E-state index contributed by atoms with van der Waals surface area (Å²) in [4.78, 5) is 0. The third-order valence-electron chi connectivity index (χ3n) is 4.05. The lowest BCUT2D eigenvalue weighted by molar-refractivity contribution is 0.549. The molecule has 0 saturated carbocycles. The zero-order valence-corrected chi connectivity index (χ0v) is 16.8. The first kappa shape index (κ1) is 19.5. The molecule has 2 aromatic carbocycles. The van der Waals surface area contributed by atoms with Crippen molar-refractivity contribution < 1.29 is 8.42 Å². The van der Waals surface area contributed by atoms with Gasteiger partial charge in [0, 0.05) is 11.4 Å². The fourth-order valence-electron chi connectivity index (χ4n) is 2.85. The van der Waals surface area contributed by atoms with E-state index in [-0.39, 0.29) is 23.6 Å². The molecule has 1 heterocycles. The number of thiocarbonyl (C=S) groups is 2. The second kappa shape index (κ2) is 8.64. The zero-order valence-electron chi connectivity index (χ0n) is 14.4. The predicted octanol–water partition coefficient (Wildman–Crippen LogP) is 2.13. The molecule has 0 aromatic heterocycles. The molecule has 0 unspecified atom stereocenters. The summed E-state index contributed by atoms with van der Waals surface area (Å²) in [5.74, 6) is -0.00947. The van der Waals surface area contributed by atoms with E-state index < -0.39 is 9.84 Å². The quantitative estimate of drug-likeness (QED) is 0.560. The number of anilines is 2. The molecular weight excluding hydrogens is 400 g/mol. The number of rotatable bonds is 4. The van der Waals surface area contributed by atoms with Gasteiger partial charge in [0.05, 0.1) is 23.6 Å². The Morgan fingerprint density at radius 2 is 1.11 bits per heavy atom. The molecule has 9 heteroatoms. The maximum absolute atomic E-state index is 12.1. The average Bonchev–Trinajstić information content (AvgIpc) is 2.89. The van der Waals surface area contributed by atoms with Crippen molar-refractivity contribution in [1.82, 2.24) is 10.6 Å². The fraction of sp³-hybridized carbons (Fsp3) is 0.222. The minimum atomic E-state index is -3.18. The Hall–Kier alpha value is -2.23. The summed E-state index contributed by atoms with van der Waals surface area (Å²) in [6, 6.07) is 18.2. The van der Waals surface area contributed by atoms with Gasteiger partial charge in [0.2, 0.25) is 0 Å². The van der Waals surface area contributed by atoms with E-state index in [4.69, 9.17) is 24.4 Å². The van der Waals surface area contributed by atoms with E-state index in [0.717, 1.165) is 11.4 Å². The standard InChI is InChI=1S/C18H20N4O2S3/c23-27(24)11-15(21-17(25)19-13-7-3-1-4-8-13)16(12-27)22-18(26)20-14-9-5-2-6-10-14/h1-10,15-16H,11-12H2,(H2,19,21,25)(H2,20,22,26)/t15-,16-/m1/s1. The SMILES string of the molecule is O=S1(=O)C[C@@H](NC(=S)Nc2ccccc2)[C@H](NC(=S)Nc2ccccc2)C1. The number of nitrogens with one attached hydrogen (secondary N) is 4. The van der Waals surface area contributed by atoms with Crippen LogP contribution in [0.2, 0.25) is 0 Å². The van der Waals surface area contributed by atoms with Crippen LogP contribution in [0.25, 0.3) is 0 Å². The van der Waals surface area contributed by atoms with Gasteiger partial charge in [0.25, 0.3) is 0 Å². The first-order valence-corrected chi connectivity index (χ1v) is 11.0. The Kier molecular flexibility index (Phi) is 6.25. The lowest BCUT2D eigenvalue weighted by Gasteiger charge is -2.24. The molecule has 27 heavy (non-hydrogen) atoms. The Bertz CT molecular complexity index is 835. The molecule has 142 valence electrons. The molecule has 3 rings (SSSR count). The van der Waals surface area contributed by atoms with E-state index in [9.17, 15) is 8.42 Å². The Morgan fingerprint density at radius 1 is 0.741 bits per heavy atom. The summed E-state index contributed by atoms with van der Waals surface area (Å²) in [7, 11) is -3.18. The highest BCUT2D eigenvalue weighted by molar-refractivity contribution is 7.91. The monoisotopic (exact) mass is 420 g/mol. The molecule has 1 fully saturated rings. The zero-order chi connectivity index (χ0) is 19.3. The highest BCUT2D eigenvalue weighted by atomic mass is 32.2. The van der Waals surface area contributed by atoms with Gasteiger partial charge in [0.1, 0.15) is 0 Å². The molecule has 6 nitrogen and oxygen atoms in total. The molecule has 1 saturated heterocycles. The molecule has 0 spiro atoms. The van der Waals surface area contributed by atoms with E-state index in [1.165, 1.54) is 0 Å². The van der Waals surface area contributed by atoms with Gasteiger partial charge in [-0.05, 0) is 48.7 Å². The Balaban J connectivity index is 1.60. The van der Waals surface area contributed by atoms with Crippen LogP contribution < -0.4 is 21.3 Å². The molecule has 1 aliphatic heterocycles. The third-order valence-corrected chi connectivity index (χ3v) is 6.22. The average molecular weight is 421 g/mol. The lowest BCUT2D eigenvalue weighted by Crippen LogP contribution is -2.52. The molecule has 0 aliphatic carbocycles. The van der Waals surface area contributed by atoms with Crippen LogP contribution in [-0.4, -0.2) is 42.2 Å². The van der Waals surface area contributed by atoms with Crippen molar-refractivity contribution in [3.05, 3.63) is 60.7 Å². The van der Waals surface area contributed by atoms with E-state index in [1.54, 1.807) is 0 Å². The Morgan fingerprint density at radius 3 is 1.48 bits per heavy atom. The van der Waals surface area contributed by atoms with Crippen molar-refractivity contribution in [1.29, 1.82) is 0 Å². The van der Waals surface area contributed by atoms with E-state index in [2.05, 4.69) is 21.3 Å². The predicted molar refractivity (Wildman–Crippen MR) is 118 cm³/mol. The Labute approximate surface area is 169 Å². The van der Waals surface area contributed by atoms with Crippen LogP contribution in [-0.2, 0) is 9.84 Å². The summed E-state index contributed by atoms with van der Waals surface area (Å²) in [5, 5.41) is 13.0. The van der Waals surface area contributed by atoms with Gasteiger partial charge in [-0.15, -0.1) is 0 Å². The van der Waals surface area contributed by atoms with Crippen molar-refractivity contribution in [2.45, 2.75) is 12.1 Å². The van der Waals surface area contributed by atoms with Gasteiger partial charge in [-0.2, -0.15) is 0 Å². The van der Waals surface area contributed by atoms with Gasteiger partial charge < -0.3 is 21.3 Å². The number of para-hydroxylation sites is 2. The fourth-order valence-corrected chi connectivity index (χ4v) is 5.25. The second-order valence-electron chi connectivity index (χ2n) is 6.22.